The Hall–Kier alpha value is -1.11. The number of sulfonamides is 1. The molecule has 19 heavy (non-hydrogen) atoms. The highest BCUT2D eigenvalue weighted by Gasteiger charge is 2.18. The van der Waals surface area contributed by atoms with Crippen molar-refractivity contribution in [3.63, 3.8) is 0 Å². The van der Waals surface area contributed by atoms with E-state index in [0.29, 0.717) is 15.2 Å². The first-order chi connectivity index (χ1) is 8.90. The molecule has 0 saturated carbocycles. The van der Waals surface area contributed by atoms with Crippen LogP contribution in [0.4, 0.5) is 5.82 Å². The smallest absolute Gasteiger partial charge is 0.263 e. The molecule has 1 aromatic carbocycles. The largest absolute Gasteiger partial charge is 0.263 e. The molecule has 0 aliphatic heterocycles. The number of hydrogen-bond donors (Lipinski definition) is 1. The number of pyridine rings is 1. The molecule has 0 amide bonds. The van der Waals surface area contributed by atoms with Crippen LogP contribution in [0.3, 0.4) is 0 Å². The van der Waals surface area contributed by atoms with E-state index in [-0.39, 0.29) is 10.7 Å². The van der Waals surface area contributed by atoms with E-state index in [1.54, 1.807) is 37.3 Å². The third-order valence-corrected chi connectivity index (χ3v) is 4.81. The first-order valence-electron chi connectivity index (χ1n) is 5.30. The Kier molecular flexibility index (Phi) is 4.13. The zero-order chi connectivity index (χ0) is 14.0. The molecule has 0 unspecified atom stereocenters. The molecule has 1 aromatic heterocycles. The van der Waals surface area contributed by atoms with Gasteiger partial charge in [0.05, 0.1) is 4.90 Å². The van der Waals surface area contributed by atoms with Crippen molar-refractivity contribution in [3.8, 4) is 0 Å². The number of nitrogens with zero attached hydrogens (tertiary/aromatic N) is 1. The predicted molar refractivity (Wildman–Crippen MR) is 78.9 cm³/mol. The van der Waals surface area contributed by atoms with Gasteiger partial charge in [-0.3, -0.25) is 4.72 Å². The summed E-state index contributed by atoms with van der Waals surface area (Å²) in [5.41, 5.74) is 0.506. The lowest BCUT2D eigenvalue weighted by Gasteiger charge is -2.10. The van der Waals surface area contributed by atoms with Gasteiger partial charge in [0.1, 0.15) is 10.4 Å². The monoisotopic (exact) mass is 360 g/mol. The summed E-state index contributed by atoms with van der Waals surface area (Å²) in [4.78, 5) is 4.17. The van der Waals surface area contributed by atoms with Crippen LogP contribution in [0.25, 0.3) is 0 Å². The topological polar surface area (TPSA) is 59.1 Å². The fourth-order valence-corrected chi connectivity index (χ4v) is 3.38. The number of nitrogens with one attached hydrogen (secondary N) is 1. The molecule has 7 heteroatoms. The molecule has 0 spiro atoms. The van der Waals surface area contributed by atoms with E-state index in [2.05, 4.69) is 25.6 Å². The van der Waals surface area contributed by atoms with Gasteiger partial charge in [-0.2, -0.15) is 0 Å². The molecule has 0 aliphatic rings. The maximum atomic E-state index is 12.3. The fourth-order valence-electron chi connectivity index (χ4n) is 1.54. The van der Waals surface area contributed by atoms with Gasteiger partial charge in [0.25, 0.3) is 10.0 Å². The normalized spacial score (nSPS) is 11.3. The van der Waals surface area contributed by atoms with Crippen LogP contribution in [-0.2, 0) is 10.0 Å². The standard InChI is InChI=1S/C12H10BrClN2O2S/c1-8-9(14)4-2-5-10(8)19(17,18)16-12-7-3-6-11(13)15-12/h2-7H,1H3,(H,15,16). The zero-order valence-corrected chi connectivity index (χ0v) is 13.1. The van der Waals surface area contributed by atoms with Gasteiger partial charge in [-0.25, -0.2) is 13.4 Å². The molecule has 0 bridgehead atoms. The number of halogens is 2. The van der Waals surface area contributed by atoms with Gasteiger partial charge in [0.15, 0.2) is 0 Å². The number of hydrogen-bond acceptors (Lipinski definition) is 3. The maximum Gasteiger partial charge on any atom is 0.263 e. The van der Waals surface area contributed by atoms with Crippen LogP contribution >= 0.6 is 27.5 Å². The summed E-state index contributed by atoms with van der Waals surface area (Å²) >= 11 is 9.12. The summed E-state index contributed by atoms with van der Waals surface area (Å²) in [5.74, 6) is 0.244. The minimum Gasteiger partial charge on any atom is -0.263 e. The maximum absolute atomic E-state index is 12.3. The van der Waals surface area contributed by atoms with Crippen LogP contribution < -0.4 is 4.72 Å². The molecule has 0 fully saturated rings. The average Bonchev–Trinajstić information content (AvgIpc) is 2.32. The van der Waals surface area contributed by atoms with Crippen molar-refractivity contribution in [3.05, 3.63) is 51.6 Å². The predicted octanol–water partition coefficient (Wildman–Crippen LogP) is 3.61. The molecule has 0 saturated heterocycles. The molecular formula is C12H10BrClN2O2S. The summed E-state index contributed by atoms with van der Waals surface area (Å²) in [6, 6.07) is 9.72. The average molecular weight is 362 g/mol. The fraction of sp³-hybridized carbons (Fsp3) is 0.0833. The summed E-state index contributed by atoms with van der Waals surface area (Å²) in [5, 5.41) is 0.407. The van der Waals surface area contributed by atoms with Gasteiger partial charge in [0.2, 0.25) is 0 Å². The summed E-state index contributed by atoms with van der Waals surface area (Å²) in [6.45, 7) is 1.66. The highest BCUT2D eigenvalue weighted by atomic mass is 79.9. The molecule has 0 radical (unpaired) electrons. The quantitative estimate of drug-likeness (QED) is 0.850. The van der Waals surface area contributed by atoms with Crippen LogP contribution in [0.5, 0.6) is 0 Å². The van der Waals surface area contributed by atoms with Crippen LogP contribution in [0.1, 0.15) is 5.56 Å². The minimum absolute atomic E-state index is 0.141. The summed E-state index contributed by atoms with van der Waals surface area (Å²) in [7, 11) is -3.70. The lowest BCUT2D eigenvalue weighted by Crippen LogP contribution is -2.15. The molecule has 2 aromatic rings. The number of rotatable bonds is 3. The van der Waals surface area contributed by atoms with Gasteiger partial charge in [-0.1, -0.05) is 23.7 Å². The van der Waals surface area contributed by atoms with Crippen LogP contribution in [0.15, 0.2) is 45.9 Å². The molecule has 0 aliphatic carbocycles. The Morgan fingerprint density at radius 3 is 2.58 bits per heavy atom. The van der Waals surface area contributed by atoms with Crippen molar-refractivity contribution in [1.82, 2.24) is 4.98 Å². The lowest BCUT2D eigenvalue weighted by atomic mass is 10.2. The zero-order valence-electron chi connectivity index (χ0n) is 9.89. The number of aromatic nitrogens is 1. The van der Waals surface area contributed by atoms with Crippen LogP contribution in [-0.4, -0.2) is 13.4 Å². The van der Waals surface area contributed by atoms with E-state index < -0.39 is 10.0 Å². The van der Waals surface area contributed by atoms with Crippen molar-refractivity contribution >= 4 is 43.4 Å². The number of benzene rings is 1. The minimum atomic E-state index is -3.70. The van der Waals surface area contributed by atoms with Crippen molar-refractivity contribution in [2.24, 2.45) is 0 Å². The highest BCUT2D eigenvalue weighted by molar-refractivity contribution is 9.10. The van der Waals surface area contributed by atoms with Crippen LogP contribution in [0.2, 0.25) is 5.02 Å². The van der Waals surface area contributed by atoms with E-state index in [1.807, 2.05) is 0 Å². The Morgan fingerprint density at radius 1 is 1.21 bits per heavy atom. The molecule has 1 heterocycles. The summed E-state index contributed by atoms with van der Waals surface area (Å²) < 4.78 is 27.5. The SMILES string of the molecule is Cc1c(Cl)cccc1S(=O)(=O)Nc1cccc(Br)n1. The Labute approximate surface area is 125 Å². The van der Waals surface area contributed by atoms with Gasteiger partial charge >= 0.3 is 0 Å². The second-order valence-electron chi connectivity index (χ2n) is 3.81. The van der Waals surface area contributed by atoms with E-state index in [4.69, 9.17) is 11.6 Å². The lowest BCUT2D eigenvalue weighted by molar-refractivity contribution is 0.600. The number of anilines is 1. The van der Waals surface area contributed by atoms with Gasteiger partial charge < -0.3 is 0 Å². The van der Waals surface area contributed by atoms with Gasteiger partial charge in [-0.15, -0.1) is 0 Å². The second kappa shape index (κ2) is 5.48. The van der Waals surface area contributed by atoms with Gasteiger partial charge in [-0.05, 0) is 52.7 Å². The van der Waals surface area contributed by atoms with Gasteiger partial charge in [0, 0.05) is 5.02 Å². The van der Waals surface area contributed by atoms with E-state index in [9.17, 15) is 8.42 Å². The third-order valence-electron chi connectivity index (χ3n) is 2.46. The molecular weight excluding hydrogens is 352 g/mol. The van der Waals surface area contributed by atoms with Crippen molar-refractivity contribution < 1.29 is 8.42 Å². The highest BCUT2D eigenvalue weighted by Crippen LogP contribution is 2.24. The second-order valence-corrected chi connectivity index (χ2v) is 6.68. The Bertz CT molecular complexity index is 719. The first-order valence-corrected chi connectivity index (χ1v) is 7.96. The van der Waals surface area contributed by atoms with Crippen molar-refractivity contribution in [2.75, 3.05) is 4.72 Å². The van der Waals surface area contributed by atoms with E-state index in [0.717, 1.165) is 0 Å². The van der Waals surface area contributed by atoms with Crippen LogP contribution in [0, 0.1) is 6.92 Å². The third kappa shape index (κ3) is 3.26. The molecule has 1 N–H and O–H groups in total. The van der Waals surface area contributed by atoms with E-state index >= 15 is 0 Å². The molecule has 4 nitrogen and oxygen atoms in total. The molecule has 2 rings (SSSR count). The summed E-state index contributed by atoms with van der Waals surface area (Å²) in [6.07, 6.45) is 0. The van der Waals surface area contributed by atoms with Crippen molar-refractivity contribution in [1.29, 1.82) is 0 Å². The first kappa shape index (κ1) is 14.3. The Morgan fingerprint density at radius 2 is 1.89 bits per heavy atom. The Balaban J connectivity index is 2.41. The molecule has 100 valence electrons. The van der Waals surface area contributed by atoms with E-state index in [1.165, 1.54) is 6.07 Å². The molecule has 0 atom stereocenters. The van der Waals surface area contributed by atoms with Crippen molar-refractivity contribution in [2.45, 2.75) is 11.8 Å².